The number of rotatable bonds is 12. The number of benzene rings is 2. The molecule has 0 bridgehead atoms. The molecule has 2 rings (SSSR count). The van der Waals surface area contributed by atoms with Crippen LogP contribution in [0, 0.1) is 6.92 Å². The summed E-state index contributed by atoms with van der Waals surface area (Å²) in [7, 11) is -3.59. The minimum atomic E-state index is -3.59. The fourth-order valence-corrected chi connectivity index (χ4v) is 5.13. The normalized spacial score (nSPS) is 13.1. The molecule has 2 unspecified atom stereocenters. The van der Waals surface area contributed by atoms with Gasteiger partial charge in [-0.1, -0.05) is 52.7 Å². The number of amides is 2. The molecule has 0 saturated heterocycles. The highest BCUT2D eigenvalue weighted by atomic mass is 79.9. The van der Waals surface area contributed by atoms with Crippen LogP contribution in [0.1, 0.15) is 51.2 Å². The van der Waals surface area contributed by atoms with Gasteiger partial charge >= 0.3 is 0 Å². The molecular weight excluding hydrogens is 566 g/mol. The van der Waals surface area contributed by atoms with Gasteiger partial charge < -0.3 is 10.2 Å². The molecule has 2 atom stereocenters. The summed E-state index contributed by atoms with van der Waals surface area (Å²) in [5.41, 5.74) is 2.04. The molecule has 0 spiro atoms. The molecule has 0 radical (unpaired) electrons. The van der Waals surface area contributed by atoms with Crippen LogP contribution in [0.25, 0.3) is 0 Å². The van der Waals surface area contributed by atoms with Gasteiger partial charge in [0.25, 0.3) is 0 Å². The van der Waals surface area contributed by atoms with Gasteiger partial charge in [0.15, 0.2) is 0 Å². The summed E-state index contributed by atoms with van der Waals surface area (Å²) in [5, 5.41) is 3.42. The Kier molecular flexibility index (Phi) is 11.3. The third-order valence-corrected chi connectivity index (χ3v) is 8.21. The fraction of sp³-hybridized carbons (Fsp3) is 0.462. The SMILES string of the molecule is CCC(C)NC(=O)C(C)N(Cc1ccc(Br)cc1)C(=O)CCCN(c1cccc(Cl)c1C)S(C)(=O)=O. The van der Waals surface area contributed by atoms with Gasteiger partial charge in [0.1, 0.15) is 6.04 Å². The number of hydrogen-bond donors (Lipinski definition) is 1. The highest BCUT2D eigenvalue weighted by Crippen LogP contribution is 2.28. The Labute approximate surface area is 228 Å². The predicted octanol–water partition coefficient (Wildman–Crippen LogP) is 5.29. The lowest BCUT2D eigenvalue weighted by atomic mass is 10.1. The van der Waals surface area contributed by atoms with Gasteiger partial charge in [0.05, 0.1) is 11.9 Å². The van der Waals surface area contributed by atoms with Crippen LogP contribution in [0.5, 0.6) is 0 Å². The van der Waals surface area contributed by atoms with Crippen molar-refractivity contribution in [3.63, 3.8) is 0 Å². The summed E-state index contributed by atoms with van der Waals surface area (Å²) in [6, 6.07) is 12.0. The molecule has 0 heterocycles. The van der Waals surface area contributed by atoms with Gasteiger partial charge in [0, 0.05) is 35.0 Å². The molecular formula is C26H35BrClN3O4S. The van der Waals surface area contributed by atoms with Crippen LogP contribution in [-0.2, 0) is 26.2 Å². The van der Waals surface area contributed by atoms with Crippen molar-refractivity contribution < 1.29 is 18.0 Å². The minimum Gasteiger partial charge on any atom is -0.352 e. The third-order valence-electron chi connectivity index (χ3n) is 6.09. The van der Waals surface area contributed by atoms with E-state index < -0.39 is 16.1 Å². The molecule has 0 saturated carbocycles. The topological polar surface area (TPSA) is 86.8 Å². The number of anilines is 1. The van der Waals surface area contributed by atoms with E-state index in [1.54, 1.807) is 36.9 Å². The van der Waals surface area contributed by atoms with Gasteiger partial charge in [-0.05, 0) is 69.0 Å². The van der Waals surface area contributed by atoms with Gasteiger partial charge in [-0.25, -0.2) is 8.42 Å². The second kappa shape index (κ2) is 13.4. The van der Waals surface area contributed by atoms with Crippen molar-refractivity contribution >= 4 is 55.1 Å². The molecule has 0 aliphatic carbocycles. The molecule has 2 aromatic carbocycles. The lowest BCUT2D eigenvalue weighted by Crippen LogP contribution is -2.49. The van der Waals surface area contributed by atoms with E-state index >= 15 is 0 Å². The zero-order chi connectivity index (χ0) is 27.0. The standard InChI is InChI=1S/C26H35BrClN3O4S/c1-6-18(2)29-26(33)20(4)30(17-21-12-14-22(27)15-13-21)25(32)11-8-16-31(36(5,34)35)24-10-7-9-23(28)19(24)3/h7,9-10,12-15,18,20H,6,8,11,16-17H2,1-5H3,(H,29,33). The molecule has 36 heavy (non-hydrogen) atoms. The maximum atomic E-state index is 13.4. The van der Waals surface area contributed by atoms with Crippen LogP contribution >= 0.6 is 27.5 Å². The van der Waals surface area contributed by atoms with E-state index in [1.807, 2.05) is 38.1 Å². The van der Waals surface area contributed by atoms with Crippen LogP contribution in [0.15, 0.2) is 46.9 Å². The first-order chi connectivity index (χ1) is 16.8. The Balaban J connectivity index is 2.20. The fourth-order valence-electron chi connectivity index (χ4n) is 3.68. The van der Waals surface area contributed by atoms with Gasteiger partial charge in [-0.2, -0.15) is 0 Å². The zero-order valence-corrected chi connectivity index (χ0v) is 24.6. The van der Waals surface area contributed by atoms with E-state index in [9.17, 15) is 18.0 Å². The Morgan fingerprint density at radius 3 is 2.33 bits per heavy atom. The van der Waals surface area contributed by atoms with Gasteiger partial charge in [0.2, 0.25) is 21.8 Å². The average molecular weight is 601 g/mol. The van der Waals surface area contributed by atoms with E-state index in [1.165, 1.54) is 4.31 Å². The van der Waals surface area contributed by atoms with Crippen molar-refractivity contribution in [3.05, 3.63) is 63.1 Å². The highest BCUT2D eigenvalue weighted by molar-refractivity contribution is 9.10. The van der Waals surface area contributed by atoms with Crippen molar-refractivity contribution in [2.75, 3.05) is 17.1 Å². The summed E-state index contributed by atoms with van der Waals surface area (Å²) >= 11 is 9.62. The molecule has 2 aromatic rings. The summed E-state index contributed by atoms with van der Waals surface area (Å²) in [6.45, 7) is 7.76. The Morgan fingerprint density at radius 2 is 1.75 bits per heavy atom. The molecule has 198 valence electrons. The van der Waals surface area contributed by atoms with E-state index in [-0.39, 0.29) is 43.8 Å². The number of carbonyl (C=O) groups is 2. The number of hydrogen-bond acceptors (Lipinski definition) is 4. The molecule has 0 fully saturated rings. The largest absolute Gasteiger partial charge is 0.352 e. The first-order valence-electron chi connectivity index (χ1n) is 11.9. The molecule has 1 N–H and O–H groups in total. The van der Waals surface area contributed by atoms with Crippen LogP contribution in [-0.4, -0.2) is 50.0 Å². The summed E-state index contributed by atoms with van der Waals surface area (Å²) in [4.78, 5) is 27.8. The number of nitrogens with zero attached hydrogens (tertiary/aromatic N) is 2. The van der Waals surface area contributed by atoms with E-state index in [0.29, 0.717) is 16.3 Å². The van der Waals surface area contributed by atoms with Crippen LogP contribution < -0.4 is 9.62 Å². The minimum absolute atomic E-state index is 0.00571. The van der Waals surface area contributed by atoms with Crippen LogP contribution in [0.3, 0.4) is 0 Å². The number of sulfonamides is 1. The maximum Gasteiger partial charge on any atom is 0.242 e. The molecule has 0 aliphatic heterocycles. The second-order valence-corrected chi connectivity index (χ2v) is 12.2. The summed E-state index contributed by atoms with van der Waals surface area (Å²) in [6.07, 6.45) is 2.29. The smallest absolute Gasteiger partial charge is 0.242 e. The van der Waals surface area contributed by atoms with Crippen LogP contribution in [0.2, 0.25) is 5.02 Å². The highest BCUT2D eigenvalue weighted by Gasteiger charge is 2.27. The molecule has 0 aromatic heterocycles. The lowest BCUT2D eigenvalue weighted by molar-refractivity contribution is -0.140. The monoisotopic (exact) mass is 599 g/mol. The number of halogens is 2. The third kappa shape index (κ3) is 8.49. The van der Waals surface area contributed by atoms with Crippen molar-refractivity contribution in [2.24, 2.45) is 0 Å². The quantitative estimate of drug-likeness (QED) is 0.359. The number of carbonyl (C=O) groups excluding carboxylic acids is 2. The van der Waals surface area contributed by atoms with Gasteiger partial charge in [-0.3, -0.25) is 13.9 Å². The lowest BCUT2D eigenvalue weighted by Gasteiger charge is -2.30. The Morgan fingerprint density at radius 1 is 1.11 bits per heavy atom. The Bertz CT molecular complexity index is 1160. The first kappa shape index (κ1) is 30.1. The molecule has 7 nitrogen and oxygen atoms in total. The van der Waals surface area contributed by atoms with Crippen molar-refractivity contribution in [3.8, 4) is 0 Å². The van der Waals surface area contributed by atoms with E-state index in [2.05, 4.69) is 21.2 Å². The second-order valence-electron chi connectivity index (χ2n) is 8.96. The van der Waals surface area contributed by atoms with E-state index in [4.69, 9.17) is 11.6 Å². The predicted molar refractivity (Wildman–Crippen MR) is 150 cm³/mol. The molecule has 2 amide bonds. The maximum absolute atomic E-state index is 13.4. The molecule has 0 aliphatic rings. The number of nitrogens with one attached hydrogen (secondary N) is 1. The summed E-state index contributed by atoms with van der Waals surface area (Å²) in [5.74, 6) is -0.442. The zero-order valence-electron chi connectivity index (χ0n) is 21.4. The van der Waals surface area contributed by atoms with Crippen molar-refractivity contribution in [2.45, 2.75) is 65.6 Å². The summed E-state index contributed by atoms with van der Waals surface area (Å²) < 4.78 is 27.3. The molecule has 10 heteroatoms. The Hall–Kier alpha value is -2.10. The first-order valence-corrected chi connectivity index (χ1v) is 14.9. The van der Waals surface area contributed by atoms with Gasteiger partial charge in [-0.15, -0.1) is 0 Å². The van der Waals surface area contributed by atoms with E-state index in [0.717, 1.165) is 22.7 Å². The van der Waals surface area contributed by atoms with Crippen molar-refractivity contribution in [1.82, 2.24) is 10.2 Å². The van der Waals surface area contributed by atoms with Crippen molar-refractivity contribution in [1.29, 1.82) is 0 Å². The van der Waals surface area contributed by atoms with Crippen LogP contribution in [0.4, 0.5) is 5.69 Å². The average Bonchev–Trinajstić information content (AvgIpc) is 2.82.